The molecule has 0 aliphatic heterocycles. The van der Waals surface area contributed by atoms with Crippen molar-refractivity contribution in [1.29, 1.82) is 0 Å². The highest BCUT2D eigenvalue weighted by Gasteiger charge is 2.18. The molecule has 10 aromatic carbocycles. The SMILES string of the molecule is c1ccc(-c2ccc(-c3ccc(N(c4ccc(-c5cccc(-n6c7ccccc7c7ccccc76)c5)cc4)c4ccccc4-c4ccc5ccccc5c4)cc3)cc2)cc1. The predicted molar refractivity (Wildman–Crippen MR) is 255 cm³/mol. The minimum atomic E-state index is 1.09. The molecule has 2 heteroatoms. The highest BCUT2D eigenvalue weighted by molar-refractivity contribution is 6.09. The molecule has 0 amide bonds. The minimum absolute atomic E-state index is 1.09. The lowest BCUT2D eigenvalue weighted by molar-refractivity contribution is 1.18. The molecule has 11 rings (SSSR count). The molecular weight excluding hydrogens is 725 g/mol. The average Bonchev–Trinajstić information content (AvgIpc) is 3.67. The van der Waals surface area contributed by atoms with Crippen LogP contribution in [0.1, 0.15) is 0 Å². The average molecular weight is 765 g/mol. The second-order valence-corrected chi connectivity index (χ2v) is 15.4. The van der Waals surface area contributed by atoms with Crippen molar-refractivity contribution < 1.29 is 0 Å². The summed E-state index contributed by atoms with van der Waals surface area (Å²) in [5.74, 6) is 0. The second-order valence-electron chi connectivity index (χ2n) is 15.4. The lowest BCUT2D eigenvalue weighted by atomic mass is 9.98. The van der Waals surface area contributed by atoms with E-state index in [2.05, 4.69) is 252 Å². The molecule has 0 bridgehead atoms. The van der Waals surface area contributed by atoms with E-state index in [1.54, 1.807) is 0 Å². The Kier molecular flexibility index (Phi) is 8.87. The van der Waals surface area contributed by atoms with Gasteiger partial charge in [-0.1, -0.05) is 182 Å². The Bertz CT molecular complexity index is 3230. The molecular formula is C58H40N2. The number of fused-ring (bicyclic) bond motifs is 4. The molecule has 2 nitrogen and oxygen atoms in total. The molecule has 0 spiro atoms. The maximum Gasteiger partial charge on any atom is 0.0541 e. The van der Waals surface area contributed by atoms with E-state index in [4.69, 9.17) is 0 Å². The smallest absolute Gasteiger partial charge is 0.0541 e. The quantitative estimate of drug-likeness (QED) is 0.150. The summed E-state index contributed by atoms with van der Waals surface area (Å²) in [5.41, 5.74) is 16.4. The zero-order valence-electron chi connectivity index (χ0n) is 33.0. The third-order valence-electron chi connectivity index (χ3n) is 11.8. The summed E-state index contributed by atoms with van der Waals surface area (Å²) in [4.78, 5) is 2.39. The van der Waals surface area contributed by atoms with Gasteiger partial charge in [-0.3, -0.25) is 0 Å². The third kappa shape index (κ3) is 6.41. The summed E-state index contributed by atoms with van der Waals surface area (Å²) in [6.07, 6.45) is 0. The molecule has 11 aromatic rings. The molecule has 0 atom stereocenters. The van der Waals surface area contributed by atoms with E-state index >= 15 is 0 Å². The number of hydrogen-bond acceptors (Lipinski definition) is 1. The zero-order chi connectivity index (χ0) is 39.8. The third-order valence-corrected chi connectivity index (χ3v) is 11.8. The van der Waals surface area contributed by atoms with E-state index in [0.29, 0.717) is 0 Å². The number of para-hydroxylation sites is 3. The Morgan fingerprint density at radius 2 is 0.750 bits per heavy atom. The second kappa shape index (κ2) is 15.1. The fourth-order valence-electron chi connectivity index (χ4n) is 8.81. The van der Waals surface area contributed by atoms with Crippen LogP contribution in [0.4, 0.5) is 17.1 Å². The fraction of sp³-hybridized carbons (Fsp3) is 0. The van der Waals surface area contributed by atoms with Crippen LogP contribution in [0.15, 0.2) is 243 Å². The molecule has 0 fully saturated rings. The molecule has 0 saturated heterocycles. The first kappa shape index (κ1) is 35.2. The molecule has 0 saturated carbocycles. The van der Waals surface area contributed by atoms with Gasteiger partial charge in [0, 0.05) is 33.4 Å². The first-order valence-electron chi connectivity index (χ1n) is 20.6. The molecule has 1 aromatic heterocycles. The van der Waals surface area contributed by atoms with Crippen molar-refractivity contribution in [3.63, 3.8) is 0 Å². The van der Waals surface area contributed by atoms with Gasteiger partial charge in [0.25, 0.3) is 0 Å². The summed E-state index contributed by atoms with van der Waals surface area (Å²) in [7, 11) is 0. The van der Waals surface area contributed by atoms with Crippen LogP contribution >= 0.6 is 0 Å². The highest BCUT2D eigenvalue weighted by atomic mass is 15.1. The lowest BCUT2D eigenvalue weighted by Gasteiger charge is -2.28. The maximum absolute atomic E-state index is 2.39. The Morgan fingerprint density at radius 3 is 1.40 bits per heavy atom. The highest BCUT2D eigenvalue weighted by Crippen LogP contribution is 2.43. The van der Waals surface area contributed by atoms with Gasteiger partial charge in [0.15, 0.2) is 0 Å². The van der Waals surface area contributed by atoms with Crippen molar-refractivity contribution in [3.05, 3.63) is 243 Å². The summed E-state index contributed by atoms with van der Waals surface area (Å²) < 4.78 is 2.38. The van der Waals surface area contributed by atoms with Gasteiger partial charge in [0.1, 0.15) is 0 Å². The number of benzene rings is 10. The molecule has 0 N–H and O–H groups in total. The molecule has 0 aliphatic carbocycles. The van der Waals surface area contributed by atoms with Gasteiger partial charge in [-0.25, -0.2) is 0 Å². The van der Waals surface area contributed by atoms with Crippen molar-refractivity contribution >= 4 is 49.6 Å². The lowest BCUT2D eigenvalue weighted by Crippen LogP contribution is -2.11. The minimum Gasteiger partial charge on any atom is -0.310 e. The number of rotatable bonds is 8. The van der Waals surface area contributed by atoms with Gasteiger partial charge in [0.2, 0.25) is 0 Å². The number of hydrogen-bond donors (Lipinski definition) is 0. The summed E-state index contributed by atoms with van der Waals surface area (Å²) in [6, 6.07) is 87.9. The van der Waals surface area contributed by atoms with Crippen molar-refractivity contribution in [1.82, 2.24) is 4.57 Å². The van der Waals surface area contributed by atoms with Crippen LogP contribution in [-0.2, 0) is 0 Å². The van der Waals surface area contributed by atoms with Crippen LogP contribution in [-0.4, -0.2) is 4.57 Å². The van der Waals surface area contributed by atoms with Crippen molar-refractivity contribution in [3.8, 4) is 50.2 Å². The summed E-state index contributed by atoms with van der Waals surface area (Å²) >= 11 is 0. The topological polar surface area (TPSA) is 8.17 Å². The molecule has 0 unspecified atom stereocenters. The van der Waals surface area contributed by atoms with Crippen LogP contribution < -0.4 is 4.90 Å². The van der Waals surface area contributed by atoms with E-state index in [1.165, 1.54) is 77.1 Å². The number of anilines is 3. The Balaban J connectivity index is 0.986. The van der Waals surface area contributed by atoms with E-state index < -0.39 is 0 Å². The van der Waals surface area contributed by atoms with Gasteiger partial charge in [0.05, 0.1) is 16.7 Å². The number of nitrogens with zero attached hydrogens (tertiary/aromatic N) is 2. The molecule has 1 heterocycles. The van der Waals surface area contributed by atoms with Gasteiger partial charge in [-0.05, 0) is 110 Å². The van der Waals surface area contributed by atoms with Crippen LogP contribution in [0.25, 0.3) is 82.8 Å². The first-order chi connectivity index (χ1) is 29.7. The van der Waals surface area contributed by atoms with Crippen molar-refractivity contribution in [2.75, 3.05) is 4.90 Å². The van der Waals surface area contributed by atoms with Gasteiger partial charge < -0.3 is 9.47 Å². The molecule has 0 aliphatic rings. The Labute approximate surface area is 350 Å². The van der Waals surface area contributed by atoms with Crippen molar-refractivity contribution in [2.24, 2.45) is 0 Å². The molecule has 60 heavy (non-hydrogen) atoms. The van der Waals surface area contributed by atoms with Gasteiger partial charge in [-0.2, -0.15) is 0 Å². The number of aromatic nitrogens is 1. The Hall–Kier alpha value is -7.94. The van der Waals surface area contributed by atoms with Crippen molar-refractivity contribution in [2.45, 2.75) is 0 Å². The maximum atomic E-state index is 2.39. The first-order valence-corrected chi connectivity index (χ1v) is 20.6. The van der Waals surface area contributed by atoms with Crippen LogP contribution in [0, 0.1) is 0 Å². The largest absolute Gasteiger partial charge is 0.310 e. The summed E-state index contributed by atoms with van der Waals surface area (Å²) in [5, 5.41) is 4.99. The molecule has 282 valence electrons. The van der Waals surface area contributed by atoms with Gasteiger partial charge >= 0.3 is 0 Å². The standard InChI is InChI=1S/C58H40N2/c1-2-13-41(14-3-1)43-25-27-44(28-26-43)45-31-35-50(36-32-45)59(56-22-9-6-19-53(56)49-30-29-42-15-4-5-16-47(42)39-49)51-37-33-46(34-38-51)48-17-12-18-52(40-48)60-57-23-10-7-20-54(57)55-21-8-11-24-58(55)60/h1-40H. The fourth-order valence-corrected chi connectivity index (χ4v) is 8.81. The normalized spacial score (nSPS) is 11.3. The molecule has 0 radical (unpaired) electrons. The predicted octanol–water partition coefficient (Wildman–Crippen LogP) is 16.1. The van der Waals surface area contributed by atoms with Gasteiger partial charge in [-0.15, -0.1) is 0 Å². The van der Waals surface area contributed by atoms with Crippen LogP contribution in [0.2, 0.25) is 0 Å². The summed E-state index contributed by atoms with van der Waals surface area (Å²) in [6.45, 7) is 0. The van der Waals surface area contributed by atoms with Crippen LogP contribution in [0.3, 0.4) is 0 Å². The van der Waals surface area contributed by atoms with E-state index in [0.717, 1.165) is 22.7 Å². The van der Waals surface area contributed by atoms with E-state index in [-0.39, 0.29) is 0 Å². The van der Waals surface area contributed by atoms with E-state index in [1.807, 2.05) is 0 Å². The zero-order valence-corrected chi connectivity index (χ0v) is 33.0. The Morgan fingerprint density at radius 1 is 0.283 bits per heavy atom. The van der Waals surface area contributed by atoms with Crippen LogP contribution in [0.5, 0.6) is 0 Å². The monoisotopic (exact) mass is 764 g/mol. The van der Waals surface area contributed by atoms with E-state index in [9.17, 15) is 0 Å².